The Balaban J connectivity index is 2.72. The van der Waals surface area contributed by atoms with Gasteiger partial charge < -0.3 is 10.6 Å². The molecule has 0 bridgehead atoms. The van der Waals surface area contributed by atoms with Gasteiger partial charge in [0, 0.05) is 18.8 Å². The van der Waals surface area contributed by atoms with Crippen molar-refractivity contribution in [1.29, 1.82) is 0 Å². The third kappa shape index (κ3) is 3.56. The molecular weight excluding hydrogens is 184 g/mol. The van der Waals surface area contributed by atoms with Gasteiger partial charge in [-0.1, -0.05) is 12.1 Å². The molecule has 1 aromatic rings. The zero-order chi connectivity index (χ0) is 11.1. The predicted molar refractivity (Wildman–Crippen MR) is 67.4 cm³/mol. The van der Waals surface area contributed by atoms with E-state index in [-0.39, 0.29) is 0 Å². The first-order chi connectivity index (χ1) is 7.31. The zero-order valence-corrected chi connectivity index (χ0v) is 9.87. The van der Waals surface area contributed by atoms with Crippen LogP contribution in [0.5, 0.6) is 0 Å². The highest BCUT2D eigenvalue weighted by Gasteiger charge is 2.01. The van der Waals surface area contributed by atoms with Crippen LogP contribution in [0.4, 0.5) is 5.69 Å². The number of rotatable bonds is 6. The first kappa shape index (κ1) is 12.1. The van der Waals surface area contributed by atoms with E-state index >= 15 is 0 Å². The molecule has 15 heavy (non-hydrogen) atoms. The number of aryl methyl sites for hydroxylation is 1. The number of anilines is 1. The van der Waals surface area contributed by atoms with E-state index in [0.29, 0.717) is 0 Å². The molecule has 0 aliphatic heterocycles. The minimum Gasteiger partial charge on any atom is -0.372 e. The maximum Gasteiger partial charge on any atom is 0.0368 e. The number of benzene rings is 1. The van der Waals surface area contributed by atoms with Gasteiger partial charge in [-0.2, -0.15) is 0 Å². The summed E-state index contributed by atoms with van der Waals surface area (Å²) in [6, 6.07) is 8.78. The van der Waals surface area contributed by atoms with Crippen LogP contribution in [0, 0.1) is 0 Å². The van der Waals surface area contributed by atoms with E-state index in [9.17, 15) is 0 Å². The molecule has 2 heteroatoms. The predicted octanol–water partition coefficient (Wildman–Crippen LogP) is 2.42. The second-order valence-corrected chi connectivity index (χ2v) is 3.73. The van der Waals surface area contributed by atoms with Crippen LogP contribution in [0.3, 0.4) is 0 Å². The summed E-state index contributed by atoms with van der Waals surface area (Å²) in [6.45, 7) is 7.29. The van der Waals surface area contributed by atoms with Crippen molar-refractivity contribution in [2.24, 2.45) is 5.73 Å². The Morgan fingerprint density at radius 3 is 2.53 bits per heavy atom. The second-order valence-electron chi connectivity index (χ2n) is 3.73. The molecule has 0 aromatic heterocycles. The van der Waals surface area contributed by atoms with Gasteiger partial charge in [0.15, 0.2) is 0 Å². The highest BCUT2D eigenvalue weighted by molar-refractivity contribution is 5.48. The molecule has 0 aliphatic carbocycles. The van der Waals surface area contributed by atoms with Crippen LogP contribution in [0.25, 0.3) is 0 Å². The number of nitrogens with two attached hydrogens (primary N) is 1. The average Bonchev–Trinajstić information content (AvgIpc) is 2.29. The van der Waals surface area contributed by atoms with Crippen molar-refractivity contribution >= 4 is 5.69 Å². The SMILES string of the molecule is CCN(CC)c1cccc(CCCN)c1. The molecule has 0 fully saturated rings. The summed E-state index contributed by atoms with van der Waals surface area (Å²) in [7, 11) is 0. The van der Waals surface area contributed by atoms with E-state index < -0.39 is 0 Å². The highest BCUT2D eigenvalue weighted by Crippen LogP contribution is 2.16. The van der Waals surface area contributed by atoms with E-state index in [2.05, 4.69) is 43.0 Å². The Morgan fingerprint density at radius 1 is 1.20 bits per heavy atom. The van der Waals surface area contributed by atoms with Crippen molar-refractivity contribution in [1.82, 2.24) is 0 Å². The molecule has 84 valence electrons. The van der Waals surface area contributed by atoms with Crippen molar-refractivity contribution in [2.75, 3.05) is 24.5 Å². The molecule has 2 N–H and O–H groups in total. The van der Waals surface area contributed by atoms with Crippen molar-refractivity contribution in [3.8, 4) is 0 Å². The van der Waals surface area contributed by atoms with Gasteiger partial charge in [-0.3, -0.25) is 0 Å². The number of hydrogen-bond acceptors (Lipinski definition) is 2. The van der Waals surface area contributed by atoms with E-state index in [1.807, 2.05) is 0 Å². The molecule has 0 spiro atoms. The van der Waals surface area contributed by atoms with Crippen molar-refractivity contribution in [3.63, 3.8) is 0 Å². The topological polar surface area (TPSA) is 29.3 Å². The smallest absolute Gasteiger partial charge is 0.0368 e. The van der Waals surface area contributed by atoms with E-state index in [4.69, 9.17) is 5.73 Å². The lowest BCUT2D eigenvalue weighted by Crippen LogP contribution is -2.21. The Kier molecular flexibility index (Phi) is 5.19. The van der Waals surface area contributed by atoms with E-state index in [1.54, 1.807) is 0 Å². The fourth-order valence-corrected chi connectivity index (χ4v) is 1.80. The standard InChI is InChI=1S/C13H22N2/c1-3-15(4-2)13-9-5-7-12(11-13)8-6-10-14/h5,7,9,11H,3-4,6,8,10,14H2,1-2H3. The summed E-state index contributed by atoms with van der Waals surface area (Å²) < 4.78 is 0. The zero-order valence-electron chi connectivity index (χ0n) is 9.87. The van der Waals surface area contributed by atoms with Gasteiger partial charge in [-0.15, -0.1) is 0 Å². The lowest BCUT2D eigenvalue weighted by molar-refractivity contribution is 0.827. The average molecular weight is 206 g/mol. The van der Waals surface area contributed by atoms with Crippen LogP contribution < -0.4 is 10.6 Å². The largest absolute Gasteiger partial charge is 0.372 e. The lowest BCUT2D eigenvalue weighted by Gasteiger charge is -2.21. The monoisotopic (exact) mass is 206 g/mol. The minimum atomic E-state index is 0.773. The Bertz CT molecular complexity index is 280. The maximum absolute atomic E-state index is 5.52. The van der Waals surface area contributed by atoms with E-state index in [0.717, 1.165) is 32.5 Å². The quantitative estimate of drug-likeness (QED) is 0.774. The van der Waals surface area contributed by atoms with Gasteiger partial charge in [-0.25, -0.2) is 0 Å². The van der Waals surface area contributed by atoms with Crippen molar-refractivity contribution < 1.29 is 0 Å². The summed E-state index contributed by atoms with van der Waals surface area (Å²) in [5.74, 6) is 0. The van der Waals surface area contributed by atoms with Gasteiger partial charge in [0.1, 0.15) is 0 Å². The molecule has 1 rings (SSSR count). The third-order valence-corrected chi connectivity index (χ3v) is 2.71. The molecule has 0 aliphatic rings. The summed E-state index contributed by atoms with van der Waals surface area (Å²) in [6.07, 6.45) is 2.16. The molecule has 0 radical (unpaired) electrons. The summed E-state index contributed by atoms with van der Waals surface area (Å²) in [5.41, 5.74) is 8.24. The molecule has 1 aromatic carbocycles. The van der Waals surface area contributed by atoms with Gasteiger partial charge in [-0.05, 0) is 50.9 Å². The first-order valence-electron chi connectivity index (χ1n) is 5.85. The molecule has 0 heterocycles. The summed E-state index contributed by atoms with van der Waals surface area (Å²) in [4.78, 5) is 2.37. The number of nitrogens with zero attached hydrogens (tertiary/aromatic N) is 1. The van der Waals surface area contributed by atoms with Crippen LogP contribution in [-0.4, -0.2) is 19.6 Å². The second kappa shape index (κ2) is 6.46. The van der Waals surface area contributed by atoms with E-state index in [1.165, 1.54) is 11.3 Å². The van der Waals surface area contributed by atoms with Crippen LogP contribution in [0.1, 0.15) is 25.8 Å². The molecule has 0 saturated carbocycles. The van der Waals surface area contributed by atoms with Gasteiger partial charge in [0.25, 0.3) is 0 Å². The van der Waals surface area contributed by atoms with Gasteiger partial charge in [0.05, 0.1) is 0 Å². The van der Waals surface area contributed by atoms with Crippen LogP contribution >= 0.6 is 0 Å². The Labute approximate surface area is 93.1 Å². The molecule has 0 atom stereocenters. The van der Waals surface area contributed by atoms with Gasteiger partial charge in [0.2, 0.25) is 0 Å². The number of hydrogen-bond donors (Lipinski definition) is 1. The summed E-state index contributed by atoms with van der Waals surface area (Å²) in [5, 5.41) is 0. The Hall–Kier alpha value is -1.02. The first-order valence-corrected chi connectivity index (χ1v) is 5.85. The van der Waals surface area contributed by atoms with Crippen molar-refractivity contribution in [3.05, 3.63) is 29.8 Å². The maximum atomic E-state index is 5.52. The Morgan fingerprint density at radius 2 is 1.93 bits per heavy atom. The minimum absolute atomic E-state index is 0.773. The molecule has 0 saturated heterocycles. The fourth-order valence-electron chi connectivity index (χ4n) is 1.80. The summed E-state index contributed by atoms with van der Waals surface area (Å²) >= 11 is 0. The van der Waals surface area contributed by atoms with Crippen LogP contribution in [-0.2, 0) is 6.42 Å². The van der Waals surface area contributed by atoms with Crippen LogP contribution in [0.15, 0.2) is 24.3 Å². The third-order valence-electron chi connectivity index (χ3n) is 2.71. The lowest BCUT2D eigenvalue weighted by atomic mass is 10.1. The molecule has 0 unspecified atom stereocenters. The normalized spacial score (nSPS) is 10.3. The van der Waals surface area contributed by atoms with Crippen molar-refractivity contribution in [2.45, 2.75) is 26.7 Å². The molecule has 0 amide bonds. The molecular formula is C13H22N2. The van der Waals surface area contributed by atoms with Gasteiger partial charge >= 0.3 is 0 Å². The molecule has 2 nitrogen and oxygen atoms in total. The van der Waals surface area contributed by atoms with Crippen LogP contribution in [0.2, 0.25) is 0 Å². The highest BCUT2D eigenvalue weighted by atomic mass is 15.1. The fraction of sp³-hybridized carbons (Fsp3) is 0.538.